The number of carbonyl (C=O) groups is 1. The molecule has 2 aromatic carbocycles. The van der Waals surface area contributed by atoms with Crippen molar-refractivity contribution in [1.29, 1.82) is 0 Å². The maximum Gasteiger partial charge on any atom is 0.258 e. The third-order valence-corrected chi connectivity index (χ3v) is 3.41. The minimum absolute atomic E-state index is 0.0251. The predicted octanol–water partition coefficient (Wildman–Crippen LogP) is 4.16. The summed E-state index contributed by atoms with van der Waals surface area (Å²) in [5.41, 5.74) is 1.45. The van der Waals surface area contributed by atoms with E-state index >= 15 is 0 Å². The van der Waals surface area contributed by atoms with Crippen LogP contribution in [-0.2, 0) is 0 Å². The van der Waals surface area contributed by atoms with Crippen molar-refractivity contribution in [3.05, 3.63) is 57.8 Å². The van der Waals surface area contributed by atoms with Gasteiger partial charge < -0.3 is 10.1 Å². The molecule has 0 unspecified atom stereocenters. The van der Waals surface area contributed by atoms with Crippen LogP contribution in [0.3, 0.4) is 0 Å². The topological polar surface area (TPSA) is 38.3 Å². The molecule has 0 radical (unpaired) electrons. The third-order valence-electron chi connectivity index (χ3n) is 2.80. The first-order valence-electron chi connectivity index (χ1n) is 5.93. The molecule has 2 rings (SSSR count). The molecule has 20 heavy (non-hydrogen) atoms. The summed E-state index contributed by atoms with van der Waals surface area (Å²) < 4.78 is 19.3. The second kappa shape index (κ2) is 6.05. The summed E-state index contributed by atoms with van der Waals surface area (Å²) in [6.45, 7) is 1.90. The van der Waals surface area contributed by atoms with Gasteiger partial charge in [0.2, 0.25) is 0 Å². The van der Waals surface area contributed by atoms with Crippen LogP contribution in [0.2, 0.25) is 0 Å². The molecule has 0 atom stereocenters. The van der Waals surface area contributed by atoms with Crippen molar-refractivity contribution in [3.8, 4) is 5.75 Å². The number of ether oxygens (including phenoxy) is 1. The zero-order valence-corrected chi connectivity index (χ0v) is 12.6. The van der Waals surface area contributed by atoms with Crippen LogP contribution in [0.1, 0.15) is 15.9 Å². The SMILES string of the molecule is COc1ccc(C)cc1NC(=O)c1cccc(Br)c1F. The van der Waals surface area contributed by atoms with Gasteiger partial charge in [-0.3, -0.25) is 4.79 Å². The molecule has 104 valence electrons. The highest BCUT2D eigenvalue weighted by Crippen LogP contribution is 2.26. The first-order chi connectivity index (χ1) is 9.52. The van der Waals surface area contributed by atoms with Gasteiger partial charge in [-0.25, -0.2) is 4.39 Å². The summed E-state index contributed by atoms with van der Waals surface area (Å²) in [6, 6.07) is 9.97. The van der Waals surface area contributed by atoms with Crippen LogP contribution in [0.25, 0.3) is 0 Å². The number of hydrogen-bond acceptors (Lipinski definition) is 2. The number of anilines is 1. The van der Waals surface area contributed by atoms with Gasteiger partial charge in [0, 0.05) is 0 Å². The molecule has 0 heterocycles. The fourth-order valence-corrected chi connectivity index (χ4v) is 2.15. The summed E-state index contributed by atoms with van der Waals surface area (Å²) in [5.74, 6) is -0.580. The van der Waals surface area contributed by atoms with E-state index in [2.05, 4.69) is 21.2 Å². The number of benzene rings is 2. The van der Waals surface area contributed by atoms with E-state index in [-0.39, 0.29) is 10.0 Å². The van der Waals surface area contributed by atoms with Crippen LogP contribution >= 0.6 is 15.9 Å². The van der Waals surface area contributed by atoms with Crippen LogP contribution in [-0.4, -0.2) is 13.0 Å². The normalized spacial score (nSPS) is 10.2. The molecule has 1 N–H and O–H groups in total. The van der Waals surface area contributed by atoms with Crippen molar-refractivity contribution >= 4 is 27.5 Å². The Kier molecular flexibility index (Phi) is 4.39. The Hall–Kier alpha value is -1.88. The highest BCUT2D eigenvalue weighted by molar-refractivity contribution is 9.10. The van der Waals surface area contributed by atoms with Gasteiger partial charge in [0.05, 0.1) is 22.8 Å². The van der Waals surface area contributed by atoms with Gasteiger partial charge in [-0.05, 0) is 52.7 Å². The summed E-state index contributed by atoms with van der Waals surface area (Å²) >= 11 is 3.06. The number of nitrogens with one attached hydrogen (secondary N) is 1. The average Bonchev–Trinajstić information content (AvgIpc) is 2.42. The first-order valence-corrected chi connectivity index (χ1v) is 6.72. The lowest BCUT2D eigenvalue weighted by molar-refractivity contribution is 0.102. The minimum atomic E-state index is -0.586. The Morgan fingerprint density at radius 3 is 2.75 bits per heavy atom. The fourth-order valence-electron chi connectivity index (χ4n) is 1.79. The molecule has 0 saturated carbocycles. The van der Waals surface area contributed by atoms with E-state index in [4.69, 9.17) is 4.74 Å². The largest absolute Gasteiger partial charge is 0.495 e. The lowest BCUT2D eigenvalue weighted by atomic mass is 10.1. The first kappa shape index (κ1) is 14.5. The molecule has 0 aliphatic rings. The molecule has 0 aliphatic carbocycles. The summed E-state index contributed by atoms with van der Waals surface area (Å²) in [6.07, 6.45) is 0. The van der Waals surface area contributed by atoms with E-state index in [9.17, 15) is 9.18 Å². The Morgan fingerprint density at radius 1 is 1.30 bits per heavy atom. The number of hydrogen-bond donors (Lipinski definition) is 1. The predicted molar refractivity (Wildman–Crippen MR) is 79.8 cm³/mol. The molecular formula is C15H13BrFNO2. The van der Waals surface area contributed by atoms with Crippen molar-refractivity contribution < 1.29 is 13.9 Å². The minimum Gasteiger partial charge on any atom is -0.495 e. The molecule has 1 amide bonds. The van der Waals surface area contributed by atoms with E-state index in [1.54, 1.807) is 24.3 Å². The zero-order valence-electron chi connectivity index (χ0n) is 11.0. The van der Waals surface area contributed by atoms with Crippen molar-refractivity contribution in [2.45, 2.75) is 6.92 Å². The van der Waals surface area contributed by atoms with E-state index in [1.165, 1.54) is 13.2 Å². The molecule has 0 bridgehead atoms. The fraction of sp³-hybridized carbons (Fsp3) is 0.133. The van der Waals surface area contributed by atoms with Crippen molar-refractivity contribution in [2.75, 3.05) is 12.4 Å². The van der Waals surface area contributed by atoms with Crippen LogP contribution in [0.15, 0.2) is 40.9 Å². The molecule has 0 fully saturated rings. The van der Waals surface area contributed by atoms with Crippen LogP contribution in [0.4, 0.5) is 10.1 Å². The zero-order chi connectivity index (χ0) is 14.7. The highest BCUT2D eigenvalue weighted by Gasteiger charge is 2.15. The van der Waals surface area contributed by atoms with Gasteiger partial charge in [-0.2, -0.15) is 0 Å². The molecule has 3 nitrogen and oxygen atoms in total. The van der Waals surface area contributed by atoms with Crippen LogP contribution < -0.4 is 10.1 Å². The lowest BCUT2D eigenvalue weighted by Crippen LogP contribution is -2.14. The van der Waals surface area contributed by atoms with Gasteiger partial charge in [0.1, 0.15) is 11.6 Å². The highest BCUT2D eigenvalue weighted by atomic mass is 79.9. The van der Waals surface area contributed by atoms with Crippen LogP contribution in [0.5, 0.6) is 5.75 Å². The van der Waals surface area contributed by atoms with Gasteiger partial charge >= 0.3 is 0 Å². The lowest BCUT2D eigenvalue weighted by Gasteiger charge is -2.11. The Labute approximate surface area is 124 Å². The van der Waals surface area contributed by atoms with E-state index < -0.39 is 11.7 Å². The second-order valence-electron chi connectivity index (χ2n) is 4.26. The average molecular weight is 338 g/mol. The van der Waals surface area contributed by atoms with E-state index in [0.717, 1.165) is 5.56 Å². The van der Waals surface area contributed by atoms with Crippen LogP contribution in [0, 0.1) is 12.7 Å². The van der Waals surface area contributed by atoms with Crippen molar-refractivity contribution in [1.82, 2.24) is 0 Å². The molecule has 0 saturated heterocycles. The second-order valence-corrected chi connectivity index (χ2v) is 5.11. The molecule has 2 aromatic rings. The van der Waals surface area contributed by atoms with E-state index in [1.807, 2.05) is 13.0 Å². The number of carbonyl (C=O) groups excluding carboxylic acids is 1. The molecule has 0 aliphatic heterocycles. The number of aryl methyl sites for hydroxylation is 1. The summed E-state index contributed by atoms with van der Waals surface area (Å²) in [5, 5.41) is 2.66. The monoisotopic (exact) mass is 337 g/mol. The number of halogens is 2. The number of methoxy groups -OCH3 is 1. The molecular weight excluding hydrogens is 325 g/mol. The number of amides is 1. The van der Waals surface area contributed by atoms with Crippen molar-refractivity contribution in [3.63, 3.8) is 0 Å². The standard InChI is InChI=1S/C15H13BrFNO2/c1-9-6-7-13(20-2)12(8-9)18-15(19)10-4-3-5-11(16)14(10)17/h3-8H,1-2H3,(H,18,19). The van der Waals surface area contributed by atoms with Gasteiger partial charge in [0.15, 0.2) is 0 Å². The molecule has 5 heteroatoms. The summed E-state index contributed by atoms with van der Waals surface area (Å²) in [4.78, 5) is 12.1. The molecule has 0 spiro atoms. The Balaban J connectivity index is 2.32. The van der Waals surface area contributed by atoms with Gasteiger partial charge in [-0.1, -0.05) is 12.1 Å². The smallest absolute Gasteiger partial charge is 0.258 e. The Bertz CT molecular complexity index is 658. The molecule has 0 aromatic heterocycles. The summed E-state index contributed by atoms with van der Waals surface area (Å²) in [7, 11) is 1.51. The van der Waals surface area contributed by atoms with Gasteiger partial charge in [0.25, 0.3) is 5.91 Å². The third kappa shape index (κ3) is 2.99. The van der Waals surface area contributed by atoms with E-state index in [0.29, 0.717) is 11.4 Å². The maximum absolute atomic E-state index is 13.9. The number of rotatable bonds is 3. The van der Waals surface area contributed by atoms with Gasteiger partial charge in [-0.15, -0.1) is 0 Å². The van der Waals surface area contributed by atoms with Crippen molar-refractivity contribution in [2.24, 2.45) is 0 Å². The quantitative estimate of drug-likeness (QED) is 0.913. The Morgan fingerprint density at radius 2 is 2.05 bits per heavy atom. The maximum atomic E-state index is 13.9.